The number of alkyl halides is 3. The van der Waals surface area contributed by atoms with E-state index in [2.05, 4.69) is 4.99 Å². The number of nitrogens with zero attached hydrogens (tertiary/aromatic N) is 2. The third-order valence-corrected chi connectivity index (χ3v) is 1.24. The largest absolute Gasteiger partial charge is 0.316 e. The van der Waals surface area contributed by atoms with Crippen molar-refractivity contribution < 1.29 is 8.78 Å². The summed E-state index contributed by atoms with van der Waals surface area (Å²) in [4.78, 5) is 4.31. The van der Waals surface area contributed by atoms with Gasteiger partial charge in [0.1, 0.15) is 5.50 Å². The van der Waals surface area contributed by atoms with Gasteiger partial charge in [0.25, 0.3) is 0 Å². The maximum absolute atomic E-state index is 11.7. The van der Waals surface area contributed by atoms with E-state index < -0.39 is 12.1 Å². The van der Waals surface area contributed by atoms with Crippen LogP contribution in [0.3, 0.4) is 0 Å². The van der Waals surface area contributed by atoms with Gasteiger partial charge in [-0.15, -0.1) is 0 Å². The van der Waals surface area contributed by atoms with Crippen molar-refractivity contribution in [2.75, 3.05) is 6.54 Å². The zero-order valence-electron chi connectivity index (χ0n) is 4.47. The lowest BCUT2D eigenvalue weighted by molar-refractivity contribution is 0.0304. The Labute approximate surface area is 56.1 Å². The van der Waals surface area contributed by atoms with E-state index in [4.69, 9.17) is 11.6 Å². The lowest BCUT2D eigenvalue weighted by Crippen LogP contribution is -2.26. The van der Waals surface area contributed by atoms with Gasteiger partial charge in [-0.05, 0) is 0 Å². The van der Waals surface area contributed by atoms with Crippen LogP contribution in [-0.2, 0) is 0 Å². The second-order valence-electron chi connectivity index (χ2n) is 1.67. The van der Waals surface area contributed by atoms with Crippen molar-refractivity contribution >= 4 is 17.9 Å². The normalized spacial score (nSPS) is 26.2. The van der Waals surface area contributed by atoms with Crippen molar-refractivity contribution in [3.05, 3.63) is 0 Å². The van der Waals surface area contributed by atoms with Crippen LogP contribution in [0, 0.1) is 0 Å². The highest BCUT2D eigenvalue weighted by atomic mass is 35.5. The zero-order chi connectivity index (χ0) is 6.85. The first-order valence-corrected chi connectivity index (χ1v) is 2.85. The fraction of sp³-hybridized carbons (Fsp3) is 0.750. The molecule has 1 atom stereocenters. The minimum absolute atomic E-state index is 0.110. The van der Waals surface area contributed by atoms with Crippen molar-refractivity contribution in [3.8, 4) is 0 Å². The zero-order valence-corrected chi connectivity index (χ0v) is 5.22. The highest BCUT2D eigenvalue weighted by molar-refractivity contribution is 6.21. The predicted molar refractivity (Wildman–Crippen MR) is 30.8 cm³/mol. The smallest absolute Gasteiger partial charge is 0.303 e. The number of aliphatic imine (C=N–C) groups is 1. The number of hydrogen-bond acceptors (Lipinski definition) is 2. The molecule has 0 saturated carbocycles. The average molecular weight is 155 g/mol. The van der Waals surface area contributed by atoms with Crippen LogP contribution in [0.2, 0.25) is 0 Å². The molecule has 0 aromatic carbocycles. The van der Waals surface area contributed by atoms with Crippen LogP contribution in [0.4, 0.5) is 8.78 Å². The van der Waals surface area contributed by atoms with Crippen LogP contribution >= 0.6 is 11.6 Å². The molecular weight excluding hydrogens is 150 g/mol. The molecule has 9 heavy (non-hydrogen) atoms. The minimum Gasteiger partial charge on any atom is -0.303 e. The maximum Gasteiger partial charge on any atom is 0.316 e. The van der Waals surface area contributed by atoms with Crippen molar-refractivity contribution in [1.29, 1.82) is 0 Å². The Morgan fingerprint density at radius 3 is 2.67 bits per heavy atom. The fourth-order valence-corrected chi connectivity index (χ4v) is 0.766. The van der Waals surface area contributed by atoms with Crippen molar-refractivity contribution in [3.63, 3.8) is 0 Å². The molecule has 2 nitrogen and oxygen atoms in total. The molecule has 1 aliphatic heterocycles. The molecule has 0 saturated heterocycles. The summed E-state index contributed by atoms with van der Waals surface area (Å²) in [5.41, 5.74) is -0.501. The summed E-state index contributed by atoms with van der Waals surface area (Å²) in [6.45, 7) is -2.36. The van der Waals surface area contributed by atoms with Gasteiger partial charge in [-0.25, -0.2) is 0 Å². The van der Waals surface area contributed by atoms with Gasteiger partial charge < -0.3 is 4.90 Å². The van der Waals surface area contributed by atoms with E-state index >= 15 is 0 Å². The molecule has 0 amide bonds. The first kappa shape index (κ1) is 6.74. The summed E-state index contributed by atoms with van der Waals surface area (Å²) in [5.74, 6) is 0. The molecule has 0 bridgehead atoms. The fourth-order valence-electron chi connectivity index (χ4n) is 0.556. The van der Waals surface area contributed by atoms with E-state index in [1.165, 1.54) is 0 Å². The Morgan fingerprint density at radius 1 is 1.78 bits per heavy atom. The lowest BCUT2D eigenvalue weighted by atomic mass is 10.6. The summed E-state index contributed by atoms with van der Waals surface area (Å²) < 4.78 is 23.4. The summed E-state index contributed by atoms with van der Waals surface area (Å²) >= 11 is 5.38. The molecule has 0 aromatic heterocycles. The van der Waals surface area contributed by atoms with E-state index in [-0.39, 0.29) is 6.54 Å². The summed E-state index contributed by atoms with van der Waals surface area (Å²) in [7, 11) is 0. The number of hydrogen-bond donors (Lipinski definition) is 0. The van der Waals surface area contributed by atoms with Crippen molar-refractivity contribution in [2.45, 2.75) is 12.1 Å². The monoisotopic (exact) mass is 154 g/mol. The molecule has 5 heteroatoms. The van der Waals surface area contributed by atoms with Crippen molar-refractivity contribution in [1.82, 2.24) is 4.90 Å². The average Bonchev–Trinajstić information content (AvgIpc) is 2.14. The topological polar surface area (TPSA) is 15.6 Å². The molecule has 1 unspecified atom stereocenters. The van der Waals surface area contributed by atoms with E-state index in [0.717, 1.165) is 11.2 Å². The first-order valence-electron chi connectivity index (χ1n) is 2.41. The number of halogens is 3. The molecule has 0 spiro atoms. The van der Waals surface area contributed by atoms with Crippen LogP contribution in [0.5, 0.6) is 0 Å². The molecule has 0 N–H and O–H groups in total. The summed E-state index contributed by atoms with van der Waals surface area (Å²) in [6, 6.07) is 0. The lowest BCUT2D eigenvalue weighted by Gasteiger charge is -2.11. The maximum atomic E-state index is 11.7. The molecule has 0 aliphatic carbocycles. The van der Waals surface area contributed by atoms with Crippen LogP contribution in [-0.4, -0.2) is 29.8 Å². The van der Waals surface area contributed by atoms with Gasteiger partial charge in [-0.2, -0.15) is 8.78 Å². The van der Waals surface area contributed by atoms with Crippen LogP contribution in [0.25, 0.3) is 0 Å². The van der Waals surface area contributed by atoms with Gasteiger partial charge in [-0.1, -0.05) is 11.6 Å². The molecular formula is C4H5ClF2N2. The molecule has 0 aromatic rings. The quantitative estimate of drug-likeness (QED) is 0.408. The van der Waals surface area contributed by atoms with Gasteiger partial charge in [0.2, 0.25) is 0 Å². The third-order valence-electron chi connectivity index (χ3n) is 0.989. The second kappa shape index (κ2) is 2.47. The summed E-state index contributed by atoms with van der Waals surface area (Å²) in [6.07, 6.45) is 1.07. The minimum atomic E-state index is -2.47. The van der Waals surface area contributed by atoms with Gasteiger partial charge in [0.15, 0.2) is 0 Å². The van der Waals surface area contributed by atoms with E-state index in [9.17, 15) is 8.78 Å². The Hall–Kier alpha value is -0.380. The third kappa shape index (κ3) is 1.51. The van der Waals surface area contributed by atoms with Crippen LogP contribution in [0.1, 0.15) is 0 Å². The molecule has 1 heterocycles. The van der Waals surface area contributed by atoms with Gasteiger partial charge in [0.05, 0.1) is 12.9 Å². The Morgan fingerprint density at radius 2 is 2.44 bits per heavy atom. The molecule has 52 valence electrons. The number of rotatable bonds is 1. The van der Waals surface area contributed by atoms with Crippen LogP contribution < -0.4 is 0 Å². The SMILES string of the molecule is FC(F)N1C=NC(Cl)C1. The highest BCUT2D eigenvalue weighted by Gasteiger charge is 2.20. The Bertz CT molecular complexity index is 128. The molecule has 0 fully saturated rings. The van der Waals surface area contributed by atoms with E-state index in [1.54, 1.807) is 0 Å². The van der Waals surface area contributed by atoms with E-state index in [0.29, 0.717) is 0 Å². The second-order valence-corrected chi connectivity index (χ2v) is 2.18. The van der Waals surface area contributed by atoms with Gasteiger partial charge >= 0.3 is 6.55 Å². The summed E-state index contributed by atoms with van der Waals surface area (Å²) in [5, 5.41) is 0. The molecule has 1 aliphatic rings. The van der Waals surface area contributed by atoms with Crippen LogP contribution in [0.15, 0.2) is 4.99 Å². The molecule has 0 radical (unpaired) electrons. The van der Waals surface area contributed by atoms with Gasteiger partial charge in [-0.3, -0.25) is 4.99 Å². The van der Waals surface area contributed by atoms with Gasteiger partial charge in [0, 0.05) is 0 Å². The predicted octanol–water partition coefficient (Wildman–Crippen LogP) is 1.12. The van der Waals surface area contributed by atoms with E-state index in [1.807, 2.05) is 0 Å². The highest BCUT2D eigenvalue weighted by Crippen LogP contribution is 2.11. The molecule has 1 rings (SSSR count). The standard InChI is InChI=1S/C4H5ClF2N2/c5-3-1-9(2-8-3)4(6)7/h2-4H,1H2. The Balaban J connectivity index is 2.41. The first-order chi connectivity index (χ1) is 4.20. The Kier molecular flexibility index (Phi) is 1.85. The van der Waals surface area contributed by atoms with Crippen molar-refractivity contribution in [2.24, 2.45) is 4.99 Å².